The molecular formula is C23H29N7O4. The topological polar surface area (TPSA) is 122 Å². The molecule has 180 valence electrons. The summed E-state index contributed by atoms with van der Waals surface area (Å²) >= 11 is 0. The molecule has 0 radical (unpaired) electrons. The normalized spacial score (nSPS) is 14.2. The fraction of sp³-hybridized carbons (Fsp3) is 0.391. The first kappa shape index (κ1) is 23.6. The van der Waals surface area contributed by atoms with Gasteiger partial charge >= 0.3 is 0 Å². The number of hydrogen-bond donors (Lipinski definition) is 3. The van der Waals surface area contributed by atoms with Crippen molar-refractivity contribution in [3.63, 3.8) is 0 Å². The van der Waals surface area contributed by atoms with Crippen molar-refractivity contribution in [3.8, 4) is 0 Å². The van der Waals surface area contributed by atoms with Crippen molar-refractivity contribution in [3.05, 3.63) is 53.0 Å². The molecule has 0 atom stereocenters. The Balaban J connectivity index is 1.53. The van der Waals surface area contributed by atoms with Gasteiger partial charge in [-0.3, -0.25) is 19.3 Å². The van der Waals surface area contributed by atoms with Crippen LogP contribution in [0.4, 0.5) is 11.5 Å². The number of aromatic nitrogens is 3. The van der Waals surface area contributed by atoms with Gasteiger partial charge in [-0.05, 0) is 37.1 Å². The third-order valence-corrected chi connectivity index (χ3v) is 5.84. The number of ether oxygens (including phenoxy) is 1. The van der Waals surface area contributed by atoms with Gasteiger partial charge in [-0.2, -0.15) is 5.10 Å². The van der Waals surface area contributed by atoms with Gasteiger partial charge in [-0.1, -0.05) is 6.07 Å². The van der Waals surface area contributed by atoms with E-state index in [1.165, 1.54) is 13.4 Å². The second-order valence-electron chi connectivity index (χ2n) is 8.07. The van der Waals surface area contributed by atoms with Crippen LogP contribution in [0, 0.1) is 13.8 Å². The zero-order valence-corrected chi connectivity index (χ0v) is 19.6. The zero-order valence-electron chi connectivity index (χ0n) is 19.6. The molecular weight excluding hydrogens is 438 g/mol. The molecule has 11 heteroatoms. The number of rotatable bonds is 8. The summed E-state index contributed by atoms with van der Waals surface area (Å²) in [6.45, 7) is 8.34. The number of morpholine rings is 1. The first-order valence-corrected chi connectivity index (χ1v) is 11.1. The van der Waals surface area contributed by atoms with E-state index in [4.69, 9.17) is 9.57 Å². The largest absolute Gasteiger partial charge is 0.379 e. The summed E-state index contributed by atoms with van der Waals surface area (Å²) in [5.74, 6) is 0.0252. The van der Waals surface area contributed by atoms with Gasteiger partial charge in [0.2, 0.25) is 0 Å². The van der Waals surface area contributed by atoms with Crippen LogP contribution >= 0.6 is 0 Å². The maximum absolute atomic E-state index is 12.9. The van der Waals surface area contributed by atoms with Gasteiger partial charge in [0.1, 0.15) is 11.8 Å². The van der Waals surface area contributed by atoms with Crippen LogP contribution in [0.2, 0.25) is 0 Å². The lowest BCUT2D eigenvalue weighted by molar-refractivity contribution is 0.0383. The van der Waals surface area contributed by atoms with Crippen molar-refractivity contribution >= 4 is 28.8 Å². The summed E-state index contributed by atoms with van der Waals surface area (Å²) in [5.41, 5.74) is 6.37. The fourth-order valence-electron chi connectivity index (χ4n) is 3.91. The van der Waals surface area contributed by atoms with Gasteiger partial charge in [0, 0.05) is 43.6 Å². The number of carbonyl (C=O) groups is 2. The van der Waals surface area contributed by atoms with Crippen molar-refractivity contribution in [2.45, 2.75) is 13.8 Å². The molecule has 11 nitrogen and oxygen atoms in total. The minimum Gasteiger partial charge on any atom is -0.379 e. The third-order valence-electron chi connectivity index (χ3n) is 5.84. The summed E-state index contributed by atoms with van der Waals surface area (Å²) < 4.78 is 7.00. The SMILES string of the molecule is CONC(=O)c1ccc(C)c(Nc2ncnn3cc(C(=O)NCCN4CCOCC4)c(C)c23)c1. The minimum absolute atomic E-state index is 0.156. The van der Waals surface area contributed by atoms with Crippen molar-refractivity contribution < 1.29 is 19.2 Å². The van der Waals surface area contributed by atoms with E-state index in [-0.39, 0.29) is 11.8 Å². The summed E-state index contributed by atoms with van der Waals surface area (Å²) in [6.07, 6.45) is 3.13. The maximum Gasteiger partial charge on any atom is 0.274 e. The smallest absolute Gasteiger partial charge is 0.274 e. The monoisotopic (exact) mass is 467 g/mol. The Kier molecular flexibility index (Phi) is 7.36. The third kappa shape index (κ3) is 5.16. The zero-order chi connectivity index (χ0) is 24.1. The van der Waals surface area contributed by atoms with E-state index in [0.29, 0.717) is 34.7 Å². The maximum atomic E-state index is 12.9. The number of nitrogens with zero attached hydrogens (tertiary/aromatic N) is 4. The molecule has 1 aromatic carbocycles. The van der Waals surface area contributed by atoms with Crippen LogP contribution in [0.15, 0.2) is 30.7 Å². The average molecular weight is 468 g/mol. The molecule has 34 heavy (non-hydrogen) atoms. The average Bonchev–Trinajstić information content (AvgIpc) is 3.18. The highest BCUT2D eigenvalue weighted by Crippen LogP contribution is 2.27. The van der Waals surface area contributed by atoms with Gasteiger partial charge in [0.05, 0.1) is 25.9 Å². The number of carbonyl (C=O) groups excluding carboxylic acids is 2. The number of anilines is 2. The molecule has 1 aliphatic heterocycles. The Morgan fingerprint density at radius 2 is 1.97 bits per heavy atom. The van der Waals surface area contributed by atoms with E-state index in [1.807, 2.05) is 19.9 Å². The lowest BCUT2D eigenvalue weighted by atomic mass is 10.1. The Bertz CT molecular complexity index is 1190. The Morgan fingerprint density at radius 1 is 1.18 bits per heavy atom. The Morgan fingerprint density at radius 3 is 2.74 bits per heavy atom. The molecule has 0 spiro atoms. The molecule has 4 rings (SSSR count). The number of benzene rings is 1. The van der Waals surface area contributed by atoms with Gasteiger partial charge in [0.25, 0.3) is 11.8 Å². The first-order chi connectivity index (χ1) is 16.5. The van der Waals surface area contributed by atoms with E-state index < -0.39 is 0 Å². The predicted octanol–water partition coefficient (Wildman–Crippen LogP) is 1.44. The number of hydroxylamine groups is 1. The van der Waals surface area contributed by atoms with Crippen LogP contribution in [0.3, 0.4) is 0 Å². The van der Waals surface area contributed by atoms with Crippen LogP contribution in [0.5, 0.6) is 0 Å². The number of nitrogens with one attached hydrogen (secondary N) is 3. The molecule has 3 aromatic rings. The van der Waals surface area contributed by atoms with Crippen LogP contribution in [0.25, 0.3) is 5.52 Å². The quantitative estimate of drug-likeness (QED) is 0.426. The van der Waals surface area contributed by atoms with E-state index in [9.17, 15) is 9.59 Å². The first-order valence-electron chi connectivity index (χ1n) is 11.1. The molecule has 0 saturated carbocycles. The second-order valence-corrected chi connectivity index (χ2v) is 8.07. The molecule has 3 heterocycles. The lowest BCUT2D eigenvalue weighted by Crippen LogP contribution is -2.41. The Hall–Kier alpha value is -3.54. The van der Waals surface area contributed by atoms with Crippen molar-refractivity contribution in [1.29, 1.82) is 0 Å². The number of fused-ring (bicyclic) bond motifs is 1. The Labute approximate surface area is 197 Å². The number of aryl methyl sites for hydroxylation is 2. The van der Waals surface area contributed by atoms with E-state index in [1.54, 1.807) is 22.8 Å². The van der Waals surface area contributed by atoms with Gasteiger partial charge in [-0.25, -0.2) is 15.0 Å². The van der Waals surface area contributed by atoms with Crippen LogP contribution in [0.1, 0.15) is 31.8 Å². The van der Waals surface area contributed by atoms with Crippen LogP contribution < -0.4 is 16.1 Å². The molecule has 1 saturated heterocycles. The van der Waals surface area contributed by atoms with Crippen LogP contribution in [-0.2, 0) is 9.57 Å². The van der Waals surface area contributed by atoms with E-state index in [0.717, 1.165) is 44.0 Å². The van der Waals surface area contributed by atoms with Gasteiger partial charge < -0.3 is 15.4 Å². The van der Waals surface area contributed by atoms with Crippen molar-refractivity contribution in [2.24, 2.45) is 0 Å². The summed E-state index contributed by atoms with van der Waals surface area (Å²) in [4.78, 5) is 36.4. The highest BCUT2D eigenvalue weighted by molar-refractivity contribution is 5.99. The predicted molar refractivity (Wildman–Crippen MR) is 126 cm³/mol. The molecule has 0 aliphatic carbocycles. The molecule has 1 aliphatic rings. The molecule has 1 fully saturated rings. The molecule has 3 N–H and O–H groups in total. The van der Waals surface area contributed by atoms with E-state index in [2.05, 4.69) is 31.1 Å². The van der Waals surface area contributed by atoms with E-state index >= 15 is 0 Å². The second kappa shape index (κ2) is 10.6. The lowest BCUT2D eigenvalue weighted by Gasteiger charge is -2.26. The standard InChI is InChI=1S/C23H29N7O4/c1-15-4-5-17(22(31)28-33-3)12-19(15)27-21-20-16(2)18(13-30(20)26-14-25-21)23(32)24-6-7-29-8-10-34-11-9-29/h4-5,12-14H,6-11H2,1-3H3,(H,24,32)(H,28,31)(H,25,26,27). The molecule has 0 unspecified atom stereocenters. The van der Waals surface area contributed by atoms with Crippen molar-refractivity contribution in [2.75, 3.05) is 51.8 Å². The number of amides is 2. The number of hydrogen-bond acceptors (Lipinski definition) is 8. The molecule has 2 aromatic heterocycles. The summed E-state index contributed by atoms with van der Waals surface area (Å²) in [5, 5.41) is 10.6. The highest BCUT2D eigenvalue weighted by Gasteiger charge is 2.19. The van der Waals surface area contributed by atoms with Gasteiger partial charge in [0.15, 0.2) is 5.82 Å². The summed E-state index contributed by atoms with van der Waals surface area (Å²) in [7, 11) is 1.38. The molecule has 0 bridgehead atoms. The molecule has 2 amide bonds. The van der Waals surface area contributed by atoms with Crippen LogP contribution in [-0.4, -0.2) is 77.8 Å². The minimum atomic E-state index is -0.353. The summed E-state index contributed by atoms with van der Waals surface area (Å²) in [6, 6.07) is 5.27. The van der Waals surface area contributed by atoms with Gasteiger partial charge in [-0.15, -0.1) is 0 Å². The fourth-order valence-corrected chi connectivity index (χ4v) is 3.91. The highest BCUT2D eigenvalue weighted by atomic mass is 16.6. The van der Waals surface area contributed by atoms with Crippen molar-refractivity contribution in [1.82, 2.24) is 30.3 Å².